The van der Waals surface area contributed by atoms with Crippen molar-refractivity contribution in [2.75, 3.05) is 52.4 Å². The Kier molecular flexibility index (Phi) is 7.68. The SMILES string of the molecule is NC(Cc1ccc(OCC2CN(CCCN3CCNCC3)C(=O)O2)cc1)C(=O)O. The van der Waals surface area contributed by atoms with Crippen molar-refractivity contribution >= 4 is 12.1 Å². The summed E-state index contributed by atoms with van der Waals surface area (Å²) in [5.41, 5.74) is 6.37. The molecule has 2 atom stereocenters. The van der Waals surface area contributed by atoms with E-state index in [1.54, 1.807) is 29.2 Å². The van der Waals surface area contributed by atoms with Gasteiger partial charge in [0.1, 0.15) is 18.4 Å². The minimum Gasteiger partial charge on any atom is -0.490 e. The number of nitrogens with two attached hydrogens (primary N) is 1. The standard InChI is InChI=1S/C20H30N4O5/c21-18(19(25)26)12-15-2-4-16(5-3-15)28-14-17-13-24(20(27)29-17)9-1-8-23-10-6-22-7-11-23/h2-5,17-18,22H,1,6-14,21H2,(H,25,26). The van der Waals surface area contributed by atoms with Gasteiger partial charge in [0, 0.05) is 32.7 Å². The van der Waals surface area contributed by atoms with E-state index >= 15 is 0 Å². The van der Waals surface area contributed by atoms with Crippen LogP contribution in [-0.2, 0) is 16.0 Å². The summed E-state index contributed by atoms with van der Waals surface area (Å²) < 4.78 is 11.1. The third kappa shape index (κ3) is 6.59. The van der Waals surface area contributed by atoms with Crippen LogP contribution in [0.25, 0.3) is 0 Å². The Balaban J connectivity index is 1.36. The zero-order chi connectivity index (χ0) is 20.6. The predicted octanol–water partition coefficient (Wildman–Crippen LogP) is 0.136. The van der Waals surface area contributed by atoms with Crippen LogP contribution < -0.4 is 15.8 Å². The van der Waals surface area contributed by atoms with Crippen molar-refractivity contribution in [2.24, 2.45) is 5.73 Å². The number of ether oxygens (including phenoxy) is 2. The second-order valence-electron chi connectivity index (χ2n) is 7.50. The molecule has 29 heavy (non-hydrogen) atoms. The zero-order valence-electron chi connectivity index (χ0n) is 16.6. The van der Waals surface area contributed by atoms with Gasteiger partial charge in [-0.25, -0.2) is 4.79 Å². The summed E-state index contributed by atoms with van der Waals surface area (Å²) in [4.78, 5) is 27.0. The van der Waals surface area contributed by atoms with Gasteiger partial charge in [-0.2, -0.15) is 0 Å². The fourth-order valence-corrected chi connectivity index (χ4v) is 3.52. The Morgan fingerprint density at radius 3 is 2.69 bits per heavy atom. The molecule has 1 aromatic rings. The van der Waals surface area contributed by atoms with Gasteiger partial charge in [0.2, 0.25) is 0 Å². The maximum atomic E-state index is 12.0. The van der Waals surface area contributed by atoms with Gasteiger partial charge in [-0.1, -0.05) is 12.1 Å². The summed E-state index contributed by atoms with van der Waals surface area (Å²) in [6.45, 7) is 6.67. The quantitative estimate of drug-likeness (QED) is 0.502. The smallest absolute Gasteiger partial charge is 0.410 e. The maximum Gasteiger partial charge on any atom is 0.410 e. The Hall–Kier alpha value is -2.36. The Morgan fingerprint density at radius 1 is 1.28 bits per heavy atom. The molecule has 0 saturated carbocycles. The number of rotatable bonds is 10. The molecule has 0 spiro atoms. The molecule has 2 saturated heterocycles. The molecule has 3 rings (SSSR count). The highest BCUT2D eigenvalue weighted by Gasteiger charge is 2.31. The van der Waals surface area contributed by atoms with E-state index in [1.807, 2.05) is 0 Å². The van der Waals surface area contributed by atoms with E-state index in [2.05, 4.69) is 10.2 Å². The van der Waals surface area contributed by atoms with E-state index in [1.165, 1.54) is 0 Å². The number of hydrogen-bond donors (Lipinski definition) is 3. The van der Waals surface area contributed by atoms with Crippen LogP contribution in [0, 0.1) is 0 Å². The number of carbonyl (C=O) groups excluding carboxylic acids is 1. The fourth-order valence-electron chi connectivity index (χ4n) is 3.52. The molecule has 1 aromatic carbocycles. The average Bonchev–Trinajstić information content (AvgIpc) is 3.08. The first kappa shape index (κ1) is 21.4. The number of amides is 1. The highest BCUT2D eigenvalue weighted by atomic mass is 16.6. The van der Waals surface area contributed by atoms with E-state index < -0.39 is 12.0 Å². The third-order valence-electron chi connectivity index (χ3n) is 5.19. The molecule has 2 fully saturated rings. The van der Waals surface area contributed by atoms with Crippen molar-refractivity contribution in [1.29, 1.82) is 0 Å². The van der Waals surface area contributed by atoms with Gasteiger partial charge in [0.25, 0.3) is 0 Å². The molecule has 2 aliphatic heterocycles. The molecule has 2 heterocycles. The summed E-state index contributed by atoms with van der Waals surface area (Å²) in [5, 5.41) is 12.2. The molecule has 0 aliphatic carbocycles. The van der Waals surface area contributed by atoms with Crippen molar-refractivity contribution in [2.45, 2.75) is 25.0 Å². The third-order valence-corrected chi connectivity index (χ3v) is 5.19. The summed E-state index contributed by atoms with van der Waals surface area (Å²) in [6, 6.07) is 6.21. The van der Waals surface area contributed by atoms with Crippen molar-refractivity contribution in [3.8, 4) is 5.75 Å². The average molecular weight is 406 g/mol. The number of carbonyl (C=O) groups is 2. The topological polar surface area (TPSA) is 117 Å². The van der Waals surface area contributed by atoms with Gasteiger partial charge < -0.3 is 35.4 Å². The van der Waals surface area contributed by atoms with E-state index in [0.29, 0.717) is 18.8 Å². The highest BCUT2D eigenvalue weighted by molar-refractivity contribution is 5.73. The van der Waals surface area contributed by atoms with Crippen LogP contribution in [0.4, 0.5) is 4.79 Å². The second kappa shape index (κ2) is 10.4. The number of piperazine rings is 1. The minimum absolute atomic E-state index is 0.263. The monoisotopic (exact) mass is 406 g/mol. The van der Waals surface area contributed by atoms with Gasteiger partial charge in [0.05, 0.1) is 6.54 Å². The van der Waals surface area contributed by atoms with Gasteiger partial charge >= 0.3 is 12.1 Å². The predicted molar refractivity (Wildman–Crippen MR) is 107 cm³/mol. The van der Waals surface area contributed by atoms with Crippen LogP contribution >= 0.6 is 0 Å². The fraction of sp³-hybridized carbons (Fsp3) is 0.600. The second-order valence-corrected chi connectivity index (χ2v) is 7.50. The number of nitrogens with zero attached hydrogens (tertiary/aromatic N) is 2. The van der Waals surface area contributed by atoms with Crippen LogP contribution in [0.15, 0.2) is 24.3 Å². The number of carboxylic acids is 1. The van der Waals surface area contributed by atoms with Crippen molar-refractivity contribution in [3.05, 3.63) is 29.8 Å². The van der Waals surface area contributed by atoms with Crippen LogP contribution in [-0.4, -0.2) is 91.5 Å². The number of hydrogen-bond acceptors (Lipinski definition) is 7. The number of carboxylic acid groups (broad SMARTS) is 1. The van der Waals surface area contributed by atoms with Gasteiger partial charge in [-0.3, -0.25) is 4.79 Å². The first-order valence-corrected chi connectivity index (χ1v) is 10.1. The van der Waals surface area contributed by atoms with E-state index in [9.17, 15) is 9.59 Å². The Morgan fingerprint density at radius 2 is 2.00 bits per heavy atom. The van der Waals surface area contributed by atoms with Crippen LogP contribution in [0.5, 0.6) is 5.75 Å². The van der Waals surface area contributed by atoms with E-state index in [-0.39, 0.29) is 25.2 Å². The zero-order valence-corrected chi connectivity index (χ0v) is 16.6. The number of nitrogens with one attached hydrogen (secondary N) is 1. The molecule has 2 aliphatic rings. The molecule has 9 heteroatoms. The first-order chi connectivity index (χ1) is 14.0. The maximum absolute atomic E-state index is 12.0. The number of aliphatic carboxylic acids is 1. The number of benzene rings is 1. The van der Waals surface area contributed by atoms with Gasteiger partial charge in [-0.15, -0.1) is 0 Å². The highest BCUT2D eigenvalue weighted by Crippen LogP contribution is 2.17. The van der Waals surface area contributed by atoms with Gasteiger partial charge in [0.15, 0.2) is 6.10 Å². The van der Waals surface area contributed by atoms with Crippen LogP contribution in [0.2, 0.25) is 0 Å². The largest absolute Gasteiger partial charge is 0.490 e. The molecule has 160 valence electrons. The Labute approximate surface area is 170 Å². The van der Waals surface area contributed by atoms with Crippen molar-refractivity contribution in [1.82, 2.24) is 15.1 Å². The summed E-state index contributed by atoms with van der Waals surface area (Å²) in [5.74, 6) is -0.378. The lowest BCUT2D eigenvalue weighted by molar-refractivity contribution is -0.138. The van der Waals surface area contributed by atoms with Crippen LogP contribution in [0.1, 0.15) is 12.0 Å². The Bertz CT molecular complexity index is 678. The molecule has 2 unspecified atom stereocenters. The van der Waals surface area contributed by atoms with Crippen molar-refractivity contribution < 1.29 is 24.2 Å². The summed E-state index contributed by atoms with van der Waals surface area (Å²) >= 11 is 0. The van der Waals surface area contributed by atoms with Gasteiger partial charge in [-0.05, 0) is 37.1 Å². The number of cyclic esters (lactones) is 1. The molecule has 0 aromatic heterocycles. The van der Waals surface area contributed by atoms with E-state index in [4.69, 9.17) is 20.3 Å². The lowest BCUT2D eigenvalue weighted by atomic mass is 10.1. The normalized spacial score (nSPS) is 21.1. The molecule has 0 radical (unpaired) electrons. The molecule has 1 amide bonds. The molecule has 4 N–H and O–H groups in total. The van der Waals surface area contributed by atoms with Crippen molar-refractivity contribution in [3.63, 3.8) is 0 Å². The lowest BCUT2D eigenvalue weighted by Crippen LogP contribution is -2.44. The molecule has 9 nitrogen and oxygen atoms in total. The van der Waals surface area contributed by atoms with E-state index in [0.717, 1.165) is 44.7 Å². The first-order valence-electron chi connectivity index (χ1n) is 10.1. The minimum atomic E-state index is -1.02. The van der Waals surface area contributed by atoms with Crippen LogP contribution in [0.3, 0.4) is 0 Å². The molecular weight excluding hydrogens is 376 g/mol. The summed E-state index contributed by atoms with van der Waals surface area (Å²) in [6.07, 6.45) is 0.625. The molecular formula is C20H30N4O5. The lowest BCUT2D eigenvalue weighted by Gasteiger charge is -2.27. The molecule has 0 bridgehead atoms. The summed E-state index contributed by atoms with van der Waals surface area (Å²) in [7, 11) is 0.